The van der Waals surface area contributed by atoms with Gasteiger partial charge in [-0.3, -0.25) is 4.79 Å². The van der Waals surface area contributed by atoms with Gasteiger partial charge in [0, 0.05) is 16.6 Å². The Morgan fingerprint density at radius 2 is 2.33 bits per heavy atom. The number of aromatic nitrogens is 5. The Balaban J connectivity index is 1.72. The van der Waals surface area contributed by atoms with Gasteiger partial charge in [-0.1, -0.05) is 12.1 Å². The topological polar surface area (TPSA) is 85.6 Å². The molecule has 0 saturated carbocycles. The number of benzene rings is 1. The number of anilines is 1. The zero-order valence-corrected chi connectivity index (χ0v) is 12.0. The summed E-state index contributed by atoms with van der Waals surface area (Å²) in [5.41, 5.74) is 2.60. The van der Waals surface area contributed by atoms with E-state index in [1.165, 1.54) is 11.0 Å². The van der Waals surface area contributed by atoms with Crippen LogP contribution in [0.1, 0.15) is 5.01 Å². The van der Waals surface area contributed by atoms with E-state index in [0.717, 1.165) is 22.0 Å². The summed E-state index contributed by atoms with van der Waals surface area (Å²) in [5, 5.41) is 16.4. The van der Waals surface area contributed by atoms with Gasteiger partial charge in [0.05, 0.1) is 10.7 Å². The van der Waals surface area contributed by atoms with Crippen LogP contribution in [0, 0.1) is 6.92 Å². The highest BCUT2D eigenvalue weighted by atomic mass is 32.1. The molecule has 2 heterocycles. The molecule has 1 N–H and O–H groups in total. The van der Waals surface area contributed by atoms with Crippen LogP contribution in [-0.4, -0.2) is 31.1 Å². The van der Waals surface area contributed by atoms with Crippen LogP contribution in [0.5, 0.6) is 0 Å². The molecule has 8 heteroatoms. The Hall–Kier alpha value is -2.61. The van der Waals surface area contributed by atoms with Gasteiger partial charge in [-0.15, -0.1) is 16.4 Å². The minimum atomic E-state index is -0.186. The lowest BCUT2D eigenvalue weighted by atomic mass is 10.1. The highest BCUT2D eigenvalue weighted by Crippen LogP contribution is 2.24. The molecular weight excluding hydrogens is 288 g/mol. The first-order valence-corrected chi connectivity index (χ1v) is 7.12. The molecule has 0 aliphatic carbocycles. The molecule has 1 amide bonds. The molecule has 3 aromatic rings. The third-order valence-corrected chi connectivity index (χ3v) is 3.53. The molecule has 0 bridgehead atoms. The van der Waals surface area contributed by atoms with E-state index in [4.69, 9.17) is 0 Å². The zero-order chi connectivity index (χ0) is 14.7. The van der Waals surface area contributed by atoms with Crippen molar-refractivity contribution in [1.82, 2.24) is 25.2 Å². The fourth-order valence-electron chi connectivity index (χ4n) is 1.85. The van der Waals surface area contributed by atoms with Crippen molar-refractivity contribution in [3.63, 3.8) is 0 Å². The standard InChI is InChI=1S/C13H12N6OS/c1-9-15-12(7-21-9)10-3-2-4-11(5-10)16-13(20)6-19-8-14-17-18-19/h2-5,7-8H,6H2,1H3,(H,16,20). The minimum Gasteiger partial charge on any atom is -0.324 e. The normalized spacial score (nSPS) is 10.5. The van der Waals surface area contributed by atoms with Gasteiger partial charge in [-0.2, -0.15) is 0 Å². The number of nitrogens with one attached hydrogen (secondary N) is 1. The summed E-state index contributed by atoms with van der Waals surface area (Å²) in [6.45, 7) is 2.04. The summed E-state index contributed by atoms with van der Waals surface area (Å²) >= 11 is 1.60. The first-order valence-electron chi connectivity index (χ1n) is 6.24. The lowest BCUT2D eigenvalue weighted by Crippen LogP contribution is -2.19. The highest BCUT2D eigenvalue weighted by molar-refractivity contribution is 7.09. The number of thiazole rings is 1. The van der Waals surface area contributed by atoms with Gasteiger partial charge in [0.25, 0.3) is 0 Å². The Bertz CT molecular complexity index is 752. The quantitative estimate of drug-likeness (QED) is 0.793. The monoisotopic (exact) mass is 300 g/mol. The number of tetrazole rings is 1. The highest BCUT2D eigenvalue weighted by Gasteiger charge is 2.07. The van der Waals surface area contributed by atoms with Gasteiger partial charge in [0.15, 0.2) is 0 Å². The van der Waals surface area contributed by atoms with Crippen molar-refractivity contribution >= 4 is 22.9 Å². The predicted molar refractivity (Wildman–Crippen MR) is 78.7 cm³/mol. The lowest BCUT2D eigenvalue weighted by molar-refractivity contribution is -0.116. The second-order valence-electron chi connectivity index (χ2n) is 4.39. The Morgan fingerprint density at radius 3 is 3.05 bits per heavy atom. The summed E-state index contributed by atoms with van der Waals surface area (Å²) in [6, 6.07) is 7.58. The molecule has 3 rings (SSSR count). The SMILES string of the molecule is Cc1nc(-c2cccc(NC(=O)Cn3cnnn3)c2)cs1. The number of amides is 1. The van der Waals surface area contributed by atoms with Crippen molar-refractivity contribution in [2.75, 3.05) is 5.32 Å². The molecule has 1 aromatic carbocycles. The molecule has 0 unspecified atom stereocenters. The Labute approximate surface area is 124 Å². The van der Waals surface area contributed by atoms with Crippen molar-refractivity contribution < 1.29 is 4.79 Å². The lowest BCUT2D eigenvalue weighted by Gasteiger charge is -2.06. The van der Waals surface area contributed by atoms with Crippen LogP contribution >= 0.6 is 11.3 Å². The largest absolute Gasteiger partial charge is 0.324 e. The molecule has 0 radical (unpaired) electrons. The van der Waals surface area contributed by atoms with E-state index < -0.39 is 0 Å². The molecule has 0 aliphatic rings. The number of hydrogen-bond acceptors (Lipinski definition) is 6. The number of aryl methyl sites for hydroxylation is 1. The Kier molecular flexibility index (Phi) is 3.69. The van der Waals surface area contributed by atoms with Crippen LogP contribution in [0.3, 0.4) is 0 Å². The van der Waals surface area contributed by atoms with Gasteiger partial charge >= 0.3 is 0 Å². The van der Waals surface area contributed by atoms with Gasteiger partial charge in [-0.05, 0) is 29.5 Å². The molecule has 106 valence electrons. The number of carbonyl (C=O) groups excluding carboxylic acids is 1. The van der Waals surface area contributed by atoms with Crippen LogP contribution in [0.25, 0.3) is 11.3 Å². The van der Waals surface area contributed by atoms with Crippen molar-refractivity contribution in [1.29, 1.82) is 0 Å². The minimum absolute atomic E-state index is 0.0764. The summed E-state index contributed by atoms with van der Waals surface area (Å²) in [6.07, 6.45) is 1.40. The van der Waals surface area contributed by atoms with E-state index in [1.807, 2.05) is 36.6 Å². The molecule has 2 aromatic heterocycles. The van der Waals surface area contributed by atoms with Gasteiger partial charge in [-0.25, -0.2) is 9.67 Å². The third-order valence-electron chi connectivity index (χ3n) is 2.76. The smallest absolute Gasteiger partial charge is 0.246 e. The van der Waals surface area contributed by atoms with Gasteiger partial charge in [0.1, 0.15) is 12.9 Å². The average molecular weight is 300 g/mol. The van der Waals surface area contributed by atoms with E-state index in [0.29, 0.717) is 0 Å². The van der Waals surface area contributed by atoms with E-state index in [-0.39, 0.29) is 12.5 Å². The molecule has 0 saturated heterocycles. The van der Waals surface area contributed by atoms with Crippen LogP contribution in [0.2, 0.25) is 0 Å². The molecule has 0 aliphatic heterocycles. The van der Waals surface area contributed by atoms with Crippen LogP contribution in [0.4, 0.5) is 5.69 Å². The Morgan fingerprint density at radius 1 is 1.43 bits per heavy atom. The van der Waals surface area contributed by atoms with Crippen molar-refractivity contribution in [2.45, 2.75) is 13.5 Å². The second-order valence-corrected chi connectivity index (χ2v) is 5.45. The first kappa shape index (κ1) is 13.4. The summed E-state index contributed by atoms with van der Waals surface area (Å²) in [5.74, 6) is -0.186. The molecule has 7 nitrogen and oxygen atoms in total. The fourth-order valence-corrected chi connectivity index (χ4v) is 2.47. The van der Waals surface area contributed by atoms with Gasteiger partial charge < -0.3 is 5.32 Å². The zero-order valence-electron chi connectivity index (χ0n) is 11.2. The van der Waals surface area contributed by atoms with Crippen LogP contribution < -0.4 is 5.32 Å². The summed E-state index contributed by atoms with van der Waals surface area (Å²) < 4.78 is 1.36. The van der Waals surface area contributed by atoms with E-state index in [2.05, 4.69) is 25.8 Å². The molecular formula is C13H12N6OS. The number of hydrogen-bond donors (Lipinski definition) is 1. The van der Waals surface area contributed by atoms with Crippen molar-refractivity contribution in [2.24, 2.45) is 0 Å². The van der Waals surface area contributed by atoms with E-state index >= 15 is 0 Å². The maximum Gasteiger partial charge on any atom is 0.246 e. The first-order chi connectivity index (χ1) is 10.2. The van der Waals surface area contributed by atoms with E-state index in [1.54, 1.807) is 11.3 Å². The summed E-state index contributed by atoms with van der Waals surface area (Å²) in [4.78, 5) is 16.3. The molecule has 0 spiro atoms. The summed E-state index contributed by atoms with van der Waals surface area (Å²) in [7, 11) is 0. The van der Waals surface area contributed by atoms with Crippen LogP contribution in [-0.2, 0) is 11.3 Å². The molecule has 21 heavy (non-hydrogen) atoms. The number of nitrogens with zero attached hydrogens (tertiary/aromatic N) is 5. The molecule has 0 atom stereocenters. The average Bonchev–Trinajstić information content (AvgIpc) is 3.10. The number of carbonyl (C=O) groups is 1. The maximum absolute atomic E-state index is 11.9. The maximum atomic E-state index is 11.9. The third kappa shape index (κ3) is 3.29. The molecule has 0 fully saturated rings. The van der Waals surface area contributed by atoms with Gasteiger partial charge in [0.2, 0.25) is 5.91 Å². The van der Waals surface area contributed by atoms with Crippen molar-refractivity contribution in [3.05, 3.63) is 41.0 Å². The second kappa shape index (κ2) is 5.80. The fraction of sp³-hybridized carbons (Fsp3) is 0.154. The van der Waals surface area contributed by atoms with E-state index in [9.17, 15) is 4.79 Å². The van der Waals surface area contributed by atoms with Crippen LogP contribution in [0.15, 0.2) is 36.0 Å². The van der Waals surface area contributed by atoms with Crippen molar-refractivity contribution in [3.8, 4) is 11.3 Å². The predicted octanol–water partition coefficient (Wildman–Crippen LogP) is 1.74. The number of rotatable bonds is 4.